The average Bonchev–Trinajstić information content (AvgIpc) is 2.11. The van der Waals surface area contributed by atoms with Crippen molar-refractivity contribution < 1.29 is 5.11 Å². The normalized spacial score (nSPS) is 22.9. The maximum absolute atomic E-state index is 8.84. The molecule has 0 atom stereocenters. The Bertz CT molecular complexity index is 165. The molecule has 1 rings (SSSR count). The second-order valence-corrected chi connectivity index (χ2v) is 5.08. The Kier molecular flexibility index (Phi) is 4.35. The van der Waals surface area contributed by atoms with Crippen molar-refractivity contribution in [1.29, 1.82) is 0 Å². The summed E-state index contributed by atoms with van der Waals surface area (Å²) in [4.78, 5) is 4.64. The number of aliphatic hydroxyl groups is 1. The van der Waals surface area contributed by atoms with E-state index in [0.717, 1.165) is 13.1 Å². The highest BCUT2D eigenvalue weighted by Crippen LogP contribution is 2.30. The van der Waals surface area contributed by atoms with Gasteiger partial charge in [0.15, 0.2) is 0 Å². The molecule has 1 saturated heterocycles. The molecular formula is C11H24N2O. The highest BCUT2D eigenvalue weighted by molar-refractivity contribution is 4.83. The fourth-order valence-electron chi connectivity index (χ4n) is 2.22. The first kappa shape index (κ1) is 12.0. The van der Waals surface area contributed by atoms with E-state index in [-0.39, 0.29) is 6.61 Å². The van der Waals surface area contributed by atoms with Crippen LogP contribution in [0.15, 0.2) is 0 Å². The lowest BCUT2D eigenvalue weighted by molar-refractivity contribution is 0.0894. The summed E-state index contributed by atoms with van der Waals surface area (Å²) in [5, 5.41) is 8.84. The van der Waals surface area contributed by atoms with Crippen molar-refractivity contribution >= 4 is 0 Å². The van der Waals surface area contributed by atoms with Crippen LogP contribution in [0.2, 0.25) is 0 Å². The van der Waals surface area contributed by atoms with Crippen molar-refractivity contribution in [3.63, 3.8) is 0 Å². The smallest absolute Gasteiger partial charge is 0.0558 e. The molecule has 84 valence electrons. The quantitative estimate of drug-likeness (QED) is 0.721. The first-order valence-corrected chi connectivity index (χ1v) is 5.54. The van der Waals surface area contributed by atoms with Crippen molar-refractivity contribution in [3.05, 3.63) is 0 Å². The summed E-state index contributed by atoms with van der Waals surface area (Å²) in [6, 6.07) is 0. The fourth-order valence-corrected chi connectivity index (χ4v) is 2.22. The van der Waals surface area contributed by atoms with Gasteiger partial charge in [0.25, 0.3) is 0 Å². The van der Waals surface area contributed by atoms with E-state index in [0.29, 0.717) is 5.41 Å². The Morgan fingerprint density at radius 1 is 1.36 bits per heavy atom. The van der Waals surface area contributed by atoms with Crippen LogP contribution in [-0.4, -0.2) is 61.8 Å². The molecule has 3 heteroatoms. The topological polar surface area (TPSA) is 26.7 Å². The number of aliphatic hydroxyl groups excluding tert-OH is 1. The van der Waals surface area contributed by atoms with E-state index in [1.165, 1.54) is 25.9 Å². The zero-order chi connectivity index (χ0) is 10.6. The predicted octanol–water partition coefficient (Wildman–Crippen LogP) is 0.642. The van der Waals surface area contributed by atoms with Crippen LogP contribution in [0.3, 0.4) is 0 Å². The first-order chi connectivity index (χ1) is 6.56. The third kappa shape index (κ3) is 3.56. The minimum absolute atomic E-state index is 0.270. The van der Waals surface area contributed by atoms with Gasteiger partial charge < -0.3 is 14.9 Å². The summed E-state index contributed by atoms with van der Waals surface area (Å²) in [6.45, 7) is 6.97. The van der Waals surface area contributed by atoms with Crippen LogP contribution >= 0.6 is 0 Å². The number of piperidine rings is 1. The molecule has 14 heavy (non-hydrogen) atoms. The van der Waals surface area contributed by atoms with Crippen molar-refractivity contribution in [2.45, 2.75) is 19.8 Å². The molecule has 0 unspecified atom stereocenters. The monoisotopic (exact) mass is 200 g/mol. The lowest BCUT2D eigenvalue weighted by Gasteiger charge is -2.40. The summed E-state index contributed by atoms with van der Waals surface area (Å²) < 4.78 is 0. The SMILES string of the molecule is CN1CCC(C)(CN(C)CCO)CC1. The summed E-state index contributed by atoms with van der Waals surface area (Å²) in [6.07, 6.45) is 2.55. The van der Waals surface area contributed by atoms with Gasteiger partial charge >= 0.3 is 0 Å². The van der Waals surface area contributed by atoms with Gasteiger partial charge in [0.05, 0.1) is 6.61 Å². The number of rotatable bonds is 4. The van der Waals surface area contributed by atoms with E-state index in [1.807, 2.05) is 0 Å². The molecule has 0 aromatic carbocycles. The molecule has 1 aliphatic rings. The van der Waals surface area contributed by atoms with Crippen molar-refractivity contribution in [2.24, 2.45) is 5.41 Å². The zero-order valence-corrected chi connectivity index (χ0v) is 9.79. The van der Waals surface area contributed by atoms with E-state index in [4.69, 9.17) is 5.11 Å². The number of likely N-dealkylation sites (N-methyl/N-ethyl adjacent to an activating group) is 1. The largest absolute Gasteiger partial charge is 0.395 e. The van der Waals surface area contributed by atoms with E-state index >= 15 is 0 Å². The van der Waals surface area contributed by atoms with Gasteiger partial charge in [0.1, 0.15) is 0 Å². The highest BCUT2D eigenvalue weighted by atomic mass is 16.3. The number of hydrogen-bond donors (Lipinski definition) is 1. The molecule has 0 spiro atoms. The van der Waals surface area contributed by atoms with Gasteiger partial charge in [-0.1, -0.05) is 6.92 Å². The second-order valence-electron chi connectivity index (χ2n) is 5.08. The van der Waals surface area contributed by atoms with Gasteiger partial charge in [-0.25, -0.2) is 0 Å². The molecule has 0 aliphatic carbocycles. The van der Waals surface area contributed by atoms with Gasteiger partial charge in [-0.3, -0.25) is 0 Å². The van der Waals surface area contributed by atoms with Gasteiger partial charge in [-0.05, 0) is 45.4 Å². The van der Waals surface area contributed by atoms with Crippen LogP contribution < -0.4 is 0 Å². The molecule has 0 bridgehead atoms. The molecule has 1 aliphatic heterocycles. The number of likely N-dealkylation sites (tertiary alicyclic amines) is 1. The molecule has 1 heterocycles. The lowest BCUT2D eigenvalue weighted by Crippen LogP contribution is -2.43. The van der Waals surface area contributed by atoms with Crippen LogP contribution in [0.4, 0.5) is 0 Å². The fraction of sp³-hybridized carbons (Fsp3) is 1.00. The Hall–Kier alpha value is -0.120. The van der Waals surface area contributed by atoms with Gasteiger partial charge in [0.2, 0.25) is 0 Å². The molecule has 1 fully saturated rings. The predicted molar refractivity (Wildman–Crippen MR) is 59.4 cm³/mol. The first-order valence-electron chi connectivity index (χ1n) is 5.54. The van der Waals surface area contributed by atoms with E-state index in [1.54, 1.807) is 0 Å². The summed E-state index contributed by atoms with van der Waals surface area (Å²) in [7, 11) is 4.29. The molecule has 1 N–H and O–H groups in total. The molecule has 0 amide bonds. The zero-order valence-electron chi connectivity index (χ0n) is 9.79. The van der Waals surface area contributed by atoms with E-state index < -0.39 is 0 Å². The Morgan fingerprint density at radius 3 is 2.43 bits per heavy atom. The average molecular weight is 200 g/mol. The highest BCUT2D eigenvalue weighted by Gasteiger charge is 2.29. The third-order valence-electron chi connectivity index (χ3n) is 3.33. The Morgan fingerprint density at radius 2 is 1.93 bits per heavy atom. The summed E-state index contributed by atoms with van der Waals surface area (Å²) in [5.74, 6) is 0. The van der Waals surface area contributed by atoms with Crippen LogP contribution in [0, 0.1) is 5.41 Å². The molecular weight excluding hydrogens is 176 g/mol. The second kappa shape index (κ2) is 5.10. The number of nitrogens with zero attached hydrogens (tertiary/aromatic N) is 2. The van der Waals surface area contributed by atoms with Crippen LogP contribution in [0.25, 0.3) is 0 Å². The molecule has 0 aromatic heterocycles. The van der Waals surface area contributed by atoms with Crippen LogP contribution in [0.5, 0.6) is 0 Å². The van der Waals surface area contributed by atoms with Gasteiger partial charge in [-0.15, -0.1) is 0 Å². The van der Waals surface area contributed by atoms with Gasteiger partial charge in [0, 0.05) is 13.1 Å². The molecule has 3 nitrogen and oxygen atoms in total. The molecule has 0 radical (unpaired) electrons. The standard InChI is InChI=1S/C11H24N2O/c1-11(10-13(3)8-9-14)4-6-12(2)7-5-11/h14H,4-10H2,1-3H3. The van der Waals surface area contributed by atoms with E-state index in [2.05, 4.69) is 30.8 Å². The summed E-state index contributed by atoms with van der Waals surface area (Å²) in [5.41, 5.74) is 0.455. The minimum atomic E-state index is 0.270. The Labute approximate surface area is 87.7 Å². The van der Waals surface area contributed by atoms with Crippen molar-refractivity contribution in [2.75, 3.05) is 46.9 Å². The van der Waals surface area contributed by atoms with Crippen molar-refractivity contribution in [1.82, 2.24) is 9.80 Å². The molecule has 0 aromatic rings. The van der Waals surface area contributed by atoms with Gasteiger partial charge in [-0.2, -0.15) is 0 Å². The maximum Gasteiger partial charge on any atom is 0.0558 e. The minimum Gasteiger partial charge on any atom is -0.395 e. The van der Waals surface area contributed by atoms with E-state index in [9.17, 15) is 0 Å². The third-order valence-corrected chi connectivity index (χ3v) is 3.33. The lowest BCUT2D eigenvalue weighted by atomic mass is 9.80. The summed E-state index contributed by atoms with van der Waals surface area (Å²) >= 11 is 0. The van der Waals surface area contributed by atoms with Crippen molar-refractivity contribution in [3.8, 4) is 0 Å². The van der Waals surface area contributed by atoms with Crippen LogP contribution in [-0.2, 0) is 0 Å². The Balaban J connectivity index is 2.34. The maximum atomic E-state index is 8.84. The van der Waals surface area contributed by atoms with Crippen LogP contribution in [0.1, 0.15) is 19.8 Å². The number of hydrogen-bond acceptors (Lipinski definition) is 3. The molecule has 0 saturated carbocycles.